The second kappa shape index (κ2) is 6.13. The van der Waals surface area contributed by atoms with E-state index >= 15 is 0 Å². The maximum atomic E-state index is 11.9. The molecule has 0 atom stereocenters. The summed E-state index contributed by atoms with van der Waals surface area (Å²) >= 11 is 0. The highest BCUT2D eigenvalue weighted by Gasteiger charge is 2.19. The molecule has 1 aromatic carbocycles. The van der Waals surface area contributed by atoms with Crippen LogP contribution in [0.25, 0.3) is 11.3 Å². The largest absolute Gasteiger partial charge is 0.378 e. The van der Waals surface area contributed by atoms with Crippen LogP contribution >= 0.6 is 0 Å². The van der Waals surface area contributed by atoms with Gasteiger partial charge >= 0.3 is 0 Å². The number of ether oxygens (including phenoxy) is 1. The summed E-state index contributed by atoms with van der Waals surface area (Å²) in [6, 6.07) is 12.4. The summed E-state index contributed by atoms with van der Waals surface area (Å²) in [6.07, 6.45) is 2.47. The first-order chi connectivity index (χ1) is 11.3. The van der Waals surface area contributed by atoms with Crippen molar-refractivity contribution in [3.8, 4) is 11.3 Å². The number of pyridine rings is 1. The summed E-state index contributed by atoms with van der Waals surface area (Å²) in [5.41, 5.74) is 5.03. The second-order valence-electron chi connectivity index (χ2n) is 6.12. The van der Waals surface area contributed by atoms with Crippen LogP contribution in [0.5, 0.6) is 0 Å². The van der Waals surface area contributed by atoms with E-state index in [-0.39, 0.29) is 5.78 Å². The van der Waals surface area contributed by atoms with Crippen LogP contribution in [0.1, 0.15) is 28.9 Å². The van der Waals surface area contributed by atoms with Crippen molar-refractivity contribution in [1.82, 2.24) is 4.98 Å². The molecule has 23 heavy (non-hydrogen) atoms. The number of aryl methyl sites for hydroxylation is 1. The van der Waals surface area contributed by atoms with Gasteiger partial charge in [-0.3, -0.25) is 9.78 Å². The molecule has 1 saturated heterocycles. The van der Waals surface area contributed by atoms with Gasteiger partial charge in [0.05, 0.1) is 24.6 Å². The number of benzene rings is 1. The second-order valence-corrected chi connectivity index (χ2v) is 6.12. The third kappa shape index (κ3) is 2.86. The van der Waals surface area contributed by atoms with Crippen molar-refractivity contribution in [2.75, 3.05) is 31.2 Å². The lowest BCUT2D eigenvalue weighted by molar-refractivity contribution is 0.0971. The van der Waals surface area contributed by atoms with Gasteiger partial charge in [0.15, 0.2) is 5.78 Å². The number of anilines is 1. The first kappa shape index (κ1) is 14.4. The highest BCUT2D eigenvalue weighted by molar-refractivity contribution is 5.98. The Hall–Kier alpha value is -2.20. The number of ketones is 1. The Kier molecular flexibility index (Phi) is 3.83. The molecule has 0 N–H and O–H groups in total. The van der Waals surface area contributed by atoms with E-state index in [9.17, 15) is 4.79 Å². The third-order valence-corrected chi connectivity index (χ3v) is 4.61. The van der Waals surface area contributed by atoms with Crippen LogP contribution < -0.4 is 4.90 Å². The van der Waals surface area contributed by atoms with Crippen molar-refractivity contribution in [3.05, 3.63) is 47.7 Å². The number of rotatable bonds is 2. The van der Waals surface area contributed by atoms with E-state index in [1.807, 2.05) is 12.1 Å². The Morgan fingerprint density at radius 1 is 1.04 bits per heavy atom. The molecule has 4 nitrogen and oxygen atoms in total. The molecule has 0 saturated carbocycles. The smallest absolute Gasteiger partial charge is 0.164 e. The van der Waals surface area contributed by atoms with Gasteiger partial charge in [0.25, 0.3) is 0 Å². The third-order valence-electron chi connectivity index (χ3n) is 4.61. The molecule has 0 bridgehead atoms. The molecular formula is C19H20N2O2. The lowest BCUT2D eigenvalue weighted by Gasteiger charge is -2.29. The zero-order valence-corrected chi connectivity index (χ0v) is 13.1. The average Bonchev–Trinajstić information content (AvgIpc) is 2.62. The van der Waals surface area contributed by atoms with E-state index in [2.05, 4.69) is 29.2 Å². The number of morpholine rings is 1. The molecule has 1 aromatic heterocycles. The maximum absolute atomic E-state index is 11.9. The summed E-state index contributed by atoms with van der Waals surface area (Å²) in [6.45, 7) is 3.41. The number of nitrogens with zero attached hydrogens (tertiary/aromatic N) is 2. The molecule has 4 heteroatoms. The molecular weight excluding hydrogens is 288 g/mol. The molecule has 2 aliphatic rings. The molecule has 118 valence electrons. The summed E-state index contributed by atoms with van der Waals surface area (Å²) in [4.78, 5) is 19.0. The number of Topliss-reactive ketones (excluding diaryl/α,β-unsaturated/α-hetero) is 1. The van der Waals surface area contributed by atoms with Gasteiger partial charge in [-0.15, -0.1) is 0 Å². The summed E-state index contributed by atoms with van der Waals surface area (Å²) in [7, 11) is 0. The van der Waals surface area contributed by atoms with E-state index in [4.69, 9.17) is 9.72 Å². The van der Waals surface area contributed by atoms with Gasteiger partial charge in [-0.1, -0.05) is 12.1 Å². The molecule has 0 spiro atoms. The minimum Gasteiger partial charge on any atom is -0.378 e. The molecule has 1 aliphatic carbocycles. The van der Waals surface area contributed by atoms with E-state index in [0.29, 0.717) is 6.42 Å². The van der Waals surface area contributed by atoms with Gasteiger partial charge in [-0.05, 0) is 37.1 Å². The normalized spacial score (nSPS) is 17.9. The number of hydrogen-bond acceptors (Lipinski definition) is 4. The Labute approximate surface area is 136 Å². The van der Waals surface area contributed by atoms with Crippen LogP contribution in [0.4, 0.5) is 5.69 Å². The van der Waals surface area contributed by atoms with Crippen LogP contribution in [0, 0.1) is 0 Å². The number of carbonyl (C=O) groups is 1. The molecule has 0 radical (unpaired) electrons. The van der Waals surface area contributed by atoms with Crippen LogP contribution in [-0.4, -0.2) is 37.1 Å². The quantitative estimate of drug-likeness (QED) is 0.855. The van der Waals surface area contributed by atoms with Crippen molar-refractivity contribution in [1.29, 1.82) is 0 Å². The summed E-state index contributed by atoms with van der Waals surface area (Å²) < 4.78 is 5.42. The van der Waals surface area contributed by atoms with Crippen LogP contribution in [0.15, 0.2) is 36.4 Å². The van der Waals surface area contributed by atoms with Crippen LogP contribution in [0.3, 0.4) is 0 Å². The highest BCUT2D eigenvalue weighted by Crippen LogP contribution is 2.27. The predicted octanol–water partition coefficient (Wildman–Crippen LogP) is 3.10. The lowest BCUT2D eigenvalue weighted by Crippen LogP contribution is -2.36. The standard InChI is InChI=1S/C19H20N2O2/c22-19-6-2-5-18-16(19)7-8-17(20-18)14-3-1-4-15(13-14)21-9-11-23-12-10-21/h1,3-4,7-8,13H,2,5-6,9-12H2. The number of hydrogen-bond donors (Lipinski definition) is 0. The van der Waals surface area contributed by atoms with Gasteiger partial charge in [-0.2, -0.15) is 0 Å². The van der Waals surface area contributed by atoms with Crippen molar-refractivity contribution < 1.29 is 9.53 Å². The van der Waals surface area contributed by atoms with Gasteiger partial charge in [0.2, 0.25) is 0 Å². The Balaban J connectivity index is 1.66. The van der Waals surface area contributed by atoms with Crippen LogP contribution in [0.2, 0.25) is 0 Å². The molecule has 2 heterocycles. The Morgan fingerprint density at radius 2 is 1.91 bits per heavy atom. The predicted molar refractivity (Wildman–Crippen MR) is 90.0 cm³/mol. The number of aromatic nitrogens is 1. The molecule has 4 rings (SSSR count). The van der Waals surface area contributed by atoms with E-state index in [0.717, 1.165) is 61.7 Å². The van der Waals surface area contributed by atoms with Gasteiger partial charge in [0, 0.05) is 36.3 Å². The Morgan fingerprint density at radius 3 is 2.78 bits per heavy atom. The van der Waals surface area contributed by atoms with Crippen molar-refractivity contribution in [3.63, 3.8) is 0 Å². The van der Waals surface area contributed by atoms with E-state index in [1.54, 1.807) is 0 Å². The maximum Gasteiger partial charge on any atom is 0.164 e. The van der Waals surface area contributed by atoms with Gasteiger partial charge in [0.1, 0.15) is 0 Å². The van der Waals surface area contributed by atoms with Crippen molar-refractivity contribution in [2.24, 2.45) is 0 Å². The number of carbonyl (C=O) groups excluding carboxylic acids is 1. The van der Waals surface area contributed by atoms with Crippen molar-refractivity contribution >= 4 is 11.5 Å². The minimum absolute atomic E-state index is 0.229. The average molecular weight is 308 g/mol. The lowest BCUT2D eigenvalue weighted by atomic mass is 9.94. The monoisotopic (exact) mass is 308 g/mol. The van der Waals surface area contributed by atoms with Gasteiger partial charge < -0.3 is 9.64 Å². The SMILES string of the molecule is O=C1CCCc2nc(-c3cccc(N4CCOCC4)c3)ccc21. The van der Waals surface area contributed by atoms with Crippen LogP contribution in [-0.2, 0) is 11.2 Å². The molecule has 0 unspecified atom stereocenters. The molecule has 1 fully saturated rings. The molecule has 1 aliphatic heterocycles. The van der Waals surface area contributed by atoms with E-state index in [1.165, 1.54) is 5.69 Å². The highest BCUT2D eigenvalue weighted by atomic mass is 16.5. The zero-order valence-electron chi connectivity index (χ0n) is 13.1. The number of fused-ring (bicyclic) bond motifs is 1. The molecule has 2 aromatic rings. The fourth-order valence-electron chi connectivity index (χ4n) is 3.34. The minimum atomic E-state index is 0.229. The fourth-order valence-corrected chi connectivity index (χ4v) is 3.34. The Bertz CT molecular complexity index is 736. The van der Waals surface area contributed by atoms with E-state index < -0.39 is 0 Å². The summed E-state index contributed by atoms with van der Waals surface area (Å²) in [5.74, 6) is 0.229. The fraction of sp³-hybridized carbons (Fsp3) is 0.368. The molecule has 0 amide bonds. The van der Waals surface area contributed by atoms with Gasteiger partial charge in [-0.25, -0.2) is 0 Å². The first-order valence-electron chi connectivity index (χ1n) is 8.27. The first-order valence-corrected chi connectivity index (χ1v) is 8.27. The topological polar surface area (TPSA) is 42.4 Å². The summed E-state index contributed by atoms with van der Waals surface area (Å²) in [5, 5.41) is 0. The zero-order chi connectivity index (χ0) is 15.6. The van der Waals surface area contributed by atoms with Crippen molar-refractivity contribution in [2.45, 2.75) is 19.3 Å².